The average molecular weight is 298 g/mol. The third kappa shape index (κ3) is 5.00. The van der Waals surface area contributed by atoms with E-state index in [0.29, 0.717) is 18.2 Å². The molecule has 110 valence electrons. The molecule has 1 saturated heterocycles. The summed E-state index contributed by atoms with van der Waals surface area (Å²) in [5.74, 6) is 0.535. The van der Waals surface area contributed by atoms with Crippen molar-refractivity contribution in [3.63, 3.8) is 0 Å². The van der Waals surface area contributed by atoms with Crippen LogP contribution in [0, 0.1) is 0 Å². The summed E-state index contributed by atoms with van der Waals surface area (Å²) in [6.45, 7) is 5.48. The molecule has 0 aliphatic carbocycles. The monoisotopic (exact) mass is 297 g/mol. The number of hydrogen-bond donors (Lipinski definition) is 1. The first kappa shape index (κ1) is 15.1. The molecule has 6 heteroatoms. The van der Waals surface area contributed by atoms with Gasteiger partial charge in [0.05, 0.1) is 6.54 Å². The molecular weight excluding hydrogens is 278 g/mol. The van der Waals surface area contributed by atoms with Gasteiger partial charge < -0.3 is 10.5 Å². The number of carbonyl (C=O) groups excluding carboxylic acids is 1. The molecule has 2 rings (SSSR count). The highest BCUT2D eigenvalue weighted by Gasteiger charge is 2.17. The van der Waals surface area contributed by atoms with Crippen LogP contribution < -0.4 is 10.5 Å². The number of ether oxygens (including phenoxy) is 1. The van der Waals surface area contributed by atoms with Crippen LogP contribution >= 0.6 is 11.6 Å². The summed E-state index contributed by atoms with van der Waals surface area (Å²) in [5.41, 5.74) is 5.19. The molecule has 0 atom stereocenters. The molecule has 0 radical (unpaired) electrons. The summed E-state index contributed by atoms with van der Waals surface area (Å²) in [4.78, 5) is 15.2. The van der Waals surface area contributed by atoms with Gasteiger partial charge in [0.25, 0.3) is 0 Å². The van der Waals surface area contributed by atoms with Crippen molar-refractivity contribution >= 4 is 17.5 Å². The van der Waals surface area contributed by atoms with Crippen molar-refractivity contribution in [2.75, 3.05) is 45.9 Å². The van der Waals surface area contributed by atoms with Crippen molar-refractivity contribution in [1.82, 2.24) is 9.80 Å². The third-order valence-electron chi connectivity index (χ3n) is 3.32. The quantitative estimate of drug-likeness (QED) is 0.845. The molecule has 1 amide bonds. The molecule has 1 aromatic rings. The summed E-state index contributed by atoms with van der Waals surface area (Å²) in [7, 11) is 0. The molecule has 1 aromatic carbocycles. The third-order valence-corrected chi connectivity index (χ3v) is 3.55. The smallest absolute Gasteiger partial charge is 0.231 e. The van der Waals surface area contributed by atoms with E-state index in [4.69, 9.17) is 22.1 Å². The Morgan fingerprint density at radius 2 is 1.95 bits per heavy atom. The zero-order chi connectivity index (χ0) is 14.4. The summed E-state index contributed by atoms with van der Waals surface area (Å²) < 4.78 is 5.67. The zero-order valence-corrected chi connectivity index (χ0v) is 12.2. The lowest BCUT2D eigenvalue weighted by Gasteiger charge is -2.33. The maximum atomic E-state index is 10.8. The Hall–Kier alpha value is -1.30. The van der Waals surface area contributed by atoms with Gasteiger partial charge in [0.15, 0.2) is 0 Å². The molecule has 5 nitrogen and oxygen atoms in total. The number of amides is 1. The van der Waals surface area contributed by atoms with Crippen LogP contribution in [0.2, 0.25) is 5.02 Å². The number of primary amides is 1. The topological polar surface area (TPSA) is 58.8 Å². The predicted octanol–water partition coefficient (Wildman–Crippen LogP) is 0.822. The van der Waals surface area contributed by atoms with Gasteiger partial charge in [-0.05, 0) is 18.2 Å². The Balaban J connectivity index is 1.65. The number of nitrogens with two attached hydrogens (primary N) is 1. The Labute approximate surface area is 124 Å². The van der Waals surface area contributed by atoms with Crippen LogP contribution in [-0.4, -0.2) is 61.6 Å². The molecule has 1 aliphatic rings. The van der Waals surface area contributed by atoms with E-state index in [2.05, 4.69) is 9.80 Å². The van der Waals surface area contributed by atoms with Crippen molar-refractivity contribution in [2.24, 2.45) is 5.73 Å². The van der Waals surface area contributed by atoms with Gasteiger partial charge in [-0.2, -0.15) is 0 Å². The Bertz CT molecular complexity index is 448. The number of piperazine rings is 1. The van der Waals surface area contributed by atoms with Crippen LogP contribution in [0.25, 0.3) is 0 Å². The second-order valence-corrected chi connectivity index (χ2v) is 5.33. The van der Waals surface area contributed by atoms with Crippen molar-refractivity contribution in [2.45, 2.75) is 0 Å². The number of nitrogens with zero attached hydrogens (tertiary/aromatic N) is 2. The minimum absolute atomic E-state index is 0.261. The average Bonchev–Trinajstić information content (AvgIpc) is 2.40. The molecule has 2 N–H and O–H groups in total. The van der Waals surface area contributed by atoms with E-state index in [1.54, 1.807) is 0 Å². The first-order chi connectivity index (χ1) is 9.63. The summed E-state index contributed by atoms with van der Waals surface area (Å²) in [6, 6.07) is 7.41. The van der Waals surface area contributed by atoms with Gasteiger partial charge in [-0.25, -0.2) is 0 Å². The van der Waals surface area contributed by atoms with E-state index in [1.807, 2.05) is 24.3 Å². The van der Waals surface area contributed by atoms with E-state index in [9.17, 15) is 4.79 Å². The lowest BCUT2D eigenvalue weighted by molar-refractivity contribution is -0.119. The molecule has 0 saturated carbocycles. The second-order valence-electron chi connectivity index (χ2n) is 4.89. The molecule has 20 heavy (non-hydrogen) atoms. The van der Waals surface area contributed by atoms with Gasteiger partial charge in [0, 0.05) is 37.7 Å². The summed E-state index contributed by atoms with van der Waals surface area (Å²) >= 11 is 5.90. The summed E-state index contributed by atoms with van der Waals surface area (Å²) in [6.07, 6.45) is 0. The fourth-order valence-corrected chi connectivity index (χ4v) is 2.42. The van der Waals surface area contributed by atoms with E-state index in [0.717, 1.165) is 38.5 Å². The van der Waals surface area contributed by atoms with Crippen LogP contribution in [0.4, 0.5) is 0 Å². The Morgan fingerprint density at radius 1 is 1.25 bits per heavy atom. The second kappa shape index (κ2) is 7.47. The molecule has 0 aromatic heterocycles. The highest BCUT2D eigenvalue weighted by atomic mass is 35.5. The van der Waals surface area contributed by atoms with Crippen molar-refractivity contribution in [3.05, 3.63) is 29.3 Å². The predicted molar refractivity (Wildman–Crippen MR) is 79.0 cm³/mol. The van der Waals surface area contributed by atoms with E-state index >= 15 is 0 Å². The van der Waals surface area contributed by atoms with Crippen LogP contribution in [-0.2, 0) is 4.79 Å². The Kier molecular flexibility index (Phi) is 5.64. The normalized spacial score (nSPS) is 17.1. The maximum Gasteiger partial charge on any atom is 0.231 e. The van der Waals surface area contributed by atoms with Gasteiger partial charge in [0.1, 0.15) is 12.4 Å². The SMILES string of the molecule is NC(=O)CN1CCN(CCOc2cccc(Cl)c2)CC1. The van der Waals surface area contributed by atoms with Crippen molar-refractivity contribution in [1.29, 1.82) is 0 Å². The zero-order valence-electron chi connectivity index (χ0n) is 11.4. The number of carbonyl (C=O) groups is 1. The minimum atomic E-state index is -0.261. The largest absolute Gasteiger partial charge is 0.492 e. The highest BCUT2D eigenvalue weighted by molar-refractivity contribution is 6.30. The van der Waals surface area contributed by atoms with E-state index in [-0.39, 0.29) is 5.91 Å². The lowest BCUT2D eigenvalue weighted by atomic mass is 10.3. The van der Waals surface area contributed by atoms with Crippen molar-refractivity contribution in [3.8, 4) is 5.75 Å². The number of rotatable bonds is 6. The molecule has 0 unspecified atom stereocenters. The fraction of sp³-hybridized carbons (Fsp3) is 0.500. The van der Waals surface area contributed by atoms with Gasteiger partial charge in [-0.15, -0.1) is 0 Å². The van der Waals surface area contributed by atoms with Crippen molar-refractivity contribution < 1.29 is 9.53 Å². The molecular formula is C14H20ClN3O2. The van der Waals surface area contributed by atoms with Gasteiger partial charge in [-0.1, -0.05) is 17.7 Å². The Morgan fingerprint density at radius 3 is 2.60 bits per heavy atom. The first-order valence-electron chi connectivity index (χ1n) is 6.75. The van der Waals surface area contributed by atoms with Crippen LogP contribution in [0.5, 0.6) is 5.75 Å². The molecule has 0 spiro atoms. The number of halogens is 1. The maximum absolute atomic E-state index is 10.8. The van der Waals surface area contributed by atoms with Crippen LogP contribution in [0.15, 0.2) is 24.3 Å². The lowest BCUT2D eigenvalue weighted by Crippen LogP contribution is -2.49. The molecule has 1 aliphatic heterocycles. The van der Waals surface area contributed by atoms with E-state index < -0.39 is 0 Å². The van der Waals surface area contributed by atoms with Crippen LogP contribution in [0.3, 0.4) is 0 Å². The van der Waals surface area contributed by atoms with Gasteiger partial charge in [-0.3, -0.25) is 14.6 Å². The minimum Gasteiger partial charge on any atom is -0.492 e. The van der Waals surface area contributed by atoms with E-state index in [1.165, 1.54) is 0 Å². The molecule has 1 heterocycles. The number of benzene rings is 1. The van der Waals surface area contributed by atoms with Gasteiger partial charge >= 0.3 is 0 Å². The summed E-state index contributed by atoms with van der Waals surface area (Å²) in [5, 5.41) is 0.683. The fourth-order valence-electron chi connectivity index (χ4n) is 2.24. The standard InChI is InChI=1S/C14H20ClN3O2/c15-12-2-1-3-13(10-12)20-9-8-17-4-6-18(7-5-17)11-14(16)19/h1-3,10H,4-9,11H2,(H2,16,19). The highest BCUT2D eigenvalue weighted by Crippen LogP contribution is 2.17. The van der Waals surface area contributed by atoms with Crippen LogP contribution in [0.1, 0.15) is 0 Å². The molecule has 1 fully saturated rings. The van der Waals surface area contributed by atoms with Gasteiger partial charge in [0.2, 0.25) is 5.91 Å². The first-order valence-corrected chi connectivity index (χ1v) is 7.12. The molecule has 0 bridgehead atoms. The number of hydrogen-bond acceptors (Lipinski definition) is 4.